The van der Waals surface area contributed by atoms with Crippen molar-refractivity contribution in [3.05, 3.63) is 36.3 Å². The van der Waals surface area contributed by atoms with Crippen LogP contribution in [-0.4, -0.2) is 60.4 Å². The van der Waals surface area contributed by atoms with E-state index in [1.807, 2.05) is 17.1 Å². The van der Waals surface area contributed by atoms with Gasteiger partial charge in [-0.1, -0.05) is 12.2 Å². The van der Waals surface area contributed by atoms with Crippen molar-refractivity contribution in [1.82, 2.24) is 15.1 Å². The monoisotopic (exact) mass is 289 g/mol. The Kier molecular flexibility index (Phi) is 4.06. The molecule has 1 N–H and O–H groups in total. The van der Waals surface area contributed by atoms with E-state index in [1.165, 1.54) is 12.5 Å². The highest BCUT2D eigenvalue weighted by Crippen LogP contribution is 2.11. The van der Waals surface area contributed by atoms with Crippen LogP contribution in [0.3, 0.4) is 0 Å². The molecule has 112 valence electrons. The fraction of sp³-hybridized carbons (Fsp3) is 0.467. The van der Waals surface area contributed by atoms with Gasteiger partial charge >= 0.3 is 0 Å². The van der Waals surface area contributed by atoms with Gasteiger partial charge in [-0.25, -0.2) is 0 Å². The SMILES string of the molecule is O=C(c1ccoc1)N1CCCN(C(=O)C2C=CCN2)CC1. The molecule has 0 saturated carbocycles. The highest BCUT2D eigenvalue weighted by atomic mass is 16.3. The number of hydrogen-bond acceptors (Lipinski definition) is 4. The van der Waals surface area contributed by atoms with E-state index in [0.29, 0.717) is 31.7 Å². The van der Waals surface area contributed by atoms with Crippen LogP contribution in [0.15, 0.2) is 35.2 Å². The molecule has 1 atom stereocenters. The minimum Gasteiger partial charge on any atom is -0.472 e. The summed E-state index contributed by atoms with van der Waals surface area (Å²) in [6.07, 6.45) is 7.63. The molecule has 1 saturated heterocycles. The molecule has 3 rings (SSSR count). The van der Waals surface area contributed by atoms with E-state index in [-0.39, 0.29) is 17.9 Å². The van der Waals surface area contributed by atoms with Crippen LogP contribution >= 0.6 is 0 Å². The van der Waals surface area contributed by atoms with Gasteiger partial charge in [-0.05, 0) is 12.5 Å². The van der Waals surface area contributed by atoms with Crippen LogP contribution in [0.1, 0.15) is 16.8 Å². The first kappa shape index (κ1) is 13.9. The Morgan fingerprint density at radius 2 is 2.00 bits per heavy atom. The predicted octanol–water partition coefficient (Wildman–Crippen LogP) is 0.482. The molecule has 3 heterocycles. The first-order chi connectivity index (χ1) is 10.3. The summed E-state index contributed by atoms with van der Waals surface area (Å²) >= 11 is 0. The number of carbonyl (C=O) groups is 2. The second-order valence-electron chi connectivity index (χ2n) is 5.30. The van der Waals surface area contributed by atoms with Crippen molar-refractivity contribution in [1.29, 1.82) is 0 Å². The van der Waals surface area contributed by atoms with Crippen molar-refractivity contribution in [3.8, 4) is 0 Å². The third kappa shape index (κ3) is 3.00. The number of carbonyl (C=O) groups excluding carboxylic acids is 2. The highest BCUT2D eigenvalue weighted by molar-refractivity contribution is 5.94. The van der Waals surface area contributed by atoms with Gasteiger partial charge in [0.2, 0.25) is 5.91 Å². The molecule has 0 spiro atoms. The van der Waals surface area contributed by atoms with Crippen LogP contribution in [0, 0.1) is 0 Å². The smallest absolute Gasteiger partial charge is 0.257 e. The maximum absolute atomic E-state index is 12.4. The number of hydrogen-bond donors (Lipinski definition) is 1. The lowest BCUT2D eigenvalue weighted by Gasteiger charge is -2.24. The maximum Gasteiger partial charge on any atom is 0.257 e. The molecule has 0 bridgehead atoms. The third-order valence-corrected chi connectivity index (χ3v) is 3.91. The number of rotatable bonds is 2. The van der Waals surface area contributed by atoms with Gasteiger partial charge in [0.1, 0.15) is 12.3 Å². The average Bonchev–Trinajstić information content (AvgIpc) is 3.15. The van der Waals surface area contributed by atoms with Crippen molar-refractivity contribution < 1.29 is 14.0 Å². The normalized spacial score (nSPS) is 22.4. The molecule has 0 radical (unpaired) electrons. The molecule has 0 aromatic carbocycles. The Labute approximate surface area is 123 Å². The zero-order chi connectivity index (χ0) is 14.7. The molecule has 2 amide bonds. The van der Waals surface area contributed by atoms with Crippen LogP contribution in [0.5, 0.6) is 0 Å². The van der Waals surface area contributed by atoms with E-state index in [1.54, 1.807) is 11.0 Å². The molecular weight excluding hydrogens is 270 g/mol. The summed E-state index contributed by atoms with van der Waals surface area (Å²) in [6, 6.07) is 1.46. The van der Waals surface area contributed by atoms with Gasteiger partial charge in [0, 0.05) is 32.7 Å². The van der Waals surface area contributed by atoms with Gasteiger partial charge in [-0.2, -0.15) is 0 Å². The van der Waals surface area contributed by atoms with Gasteiger partial charge in [-0.15, -0.1) is 0 Å². The van der Waals surface area contributed by atoms with Gasteiger partial charge in [0.05, 0.1) is 11.8 Å². The van der Waals surface area contributed by atoms with E-state index in [2.05, 4.69) is 5.32 Å². The second kappa shape index (κ2) is 6.13. The van der Waals surface area contributed by atoms with E-state index in [9.17, 15) is 9.59 Å². The molecule has 0 aliphatic carbocycles. The van der Waals surface area contributed by atoms with E-state index in [4.69, 9.17) is 4.42 Å². The summed E-state index contributed by atoms with van der Waals surface area (Å²) in [5.41, 5.74) is 0.565. The summed E-state index contributed by atoms with van der Waals surface area (Å²) in [6.45, 7) is 3.25. The number of furan rings is 1. The fourth-order valence-corrected chi connectivity index (χ4v) is 2.74. The third-order valence-electron chi connectivity index (χ3n) is 3.91. The molecule has 21 heavy (non-hydrogen) atoms. The molecule has 1 fully saturated rings. The maximum atomic E-state index is 12.4. The van der Waals surface area contributed by atoms with Crippen LogP contribution in [0.4, 0.5) is 0 Å². The molecule has 1 aromatic heterocycles. The Balaban J connectivity index is 1.60. The Morgan fingerprint density at radius 1 is 1.19 bits per heavy atom. The molecule has 2 aliphatic heterocycles. The van der Waals surface area contributed by atoms with E-state index >= 15 is 0 Å². The van der Waals surface area contributed by atoms with E-state index < -0.39 is 0 Å². The lowest BCUT2D eigenvalue weighted by Crippen LogP contribution is -2.45. The summed E-state index contributed by atoms with van der Waals surface area (Å²) in [5.74, 6) is 0.0679. The first-order valence-corrected chi connectivity index (χ1v) is 7.26. The van der Waals surface area contributed by atoms with E-state index in [0.717, 1.165) is 13.0 Å². The first-order valence-electron chi connectivity index (χ1n) is 7.26. The van der Waals surface area contributed by atoms with Gasteiger partial charge in [0.15, 0.2) is 0 Å². The standard InChI is InChI=1S/C15H19N3O3/c19-14(12-4-10-21-11-12)17-6-2-7-18(9-8-17)15(20)13-3-1-5-16-13/h1,3-4,10-11,13,16H,2,5-9H2. The molecular formula is C15H19N3O3. The van der Waals surface area contributed by atoms with Crippen molar-refractivity contribution >= 4 is 11.8 Å². The predicted molar refractivity (Wildman–Crippen MR) is 76.7 cm³/mol. The molecule has 1 aromatic rings. The minimum absolute atomic E-state index is 0.0306. The largest absolute Gasteiger partial charge is 0.472 e. The van der Waals surface area contributed by atoms with Gasteiger partial charge in [0.25, 0.3) is 5.91 Å². The quantitative estimate of drug-likeness (QED) is 0.804. The van der Waals surface area contributed by atoms with Gasteiger partial charge < -0.3 is 14.2 Å². The second-order valence-corrected chi connectivity index (χ2v) is 5.30. The molecule has 2 aliphatic rings. The minimum atomic E-state index is -0.207. The number of amides is 2. The van der Waals surface area contributed by atoms with Crippen molar-refractivity contribution in [3.63, 3.8) is 0 Å². The van der Waals surface area contributed by atoms with Gasteiger partial charge in [-0.3, -0.25) is 14.9 Å². The van der Waals surface area contributed by atoms with Crippen LogP contribution in [-0.2, 0) is 4.79 Å². The van der Waals surface area contributed by atoms with Crippen molar-refractivity contribution in [2.45, 2.75) is 12.5 Å². The summed E-state index contributed by atoms with van der Waals surface area (Å²) in [4.78, 5) is 28.3. The Morgan fingerprint density at radius 3 is 2.71 bits per heavy atom. The number of nitrogens with one attached hydrogen (secondary N) is 1. The lowest BCUT2D eigenvalue weighted by molar-refractivity contribution is -0.131. The van der Waals surface area contributed by atoms with Crippen LogP contribution < -0.4 is 5.32 Å². The summed E-state index contributed by atoms with van der Waals surface area (Å²) < 4.78 is 4.96. The summed E-state index contributed by atoms with van der Waals surface area (Å²) in [5, 5.41) is 3.14. The summed E-state index contributed by atoms with van der Waals surface area (Å²) in [7, 11) is 0. The molecule has 1 unspecified atom stereocenters. The molecule has 6 nitrogen and oxygen atoms in total. The zero-order valence-corrected chi connectivity index (χ0v) is 11.8. The average molecular weight is 289 g/mol. The highest BCUT2D eigenvalue weighted by Gasteiger charge is 2.27. The topological polar surface area (TPSA) is 65.8 Å². The zero-order valence-electron chi connectivity index (χ0n) is 11.8. The van der Waals surface area contributed by atoms with Crippen LogP contribution in [0.2, 0.25) is 0 Å². The van der Waals surface area contributed by atoms with Crippen molar-refractivity contribution in [2.75, 3.05) is 32.7 Å². The van der Waals surface area contributed by atoms with Crippen molar-refractivity contribution in [2.24, 2.45) is 0 Å². The lowest BCUT2D eigenvalue weighted by atomic mass is 10.2. The Hall–Kier alpha value is -2.08. The van der Waals surface area contributed by atoms with Crippen LogP contribution in [0.25, 0.3) is 0 Å². The Bertz CT molecular complexity index is 538. The molecule has 6 heteroatoms. The number of nitrogens with zero attached hydrogens (tertiary/aromatic N) is 2. The fourth-order valence-electron chi connectivity index (χ4n) is 2.74.